The van der Waals surface area contributed by atoms with E-state index < -0.39 is 17.0 Å². The van der Waals surface area contributed by atoms with Crippen molar-refractivity contribution in [2.24, 2.45) is 0 Å². The van der Waals surface area contributed by atoms with Crippen molar-refractivity contribution >= 4 is 29.2 Å². The highest BCUT2D eigenvalue weighted by Gasteiger charge is 2.23. The normalized spacial score (nSPS) is 11.5. The summed E-state index contributed by atoms with van der Waals surface area (Å²) in [5.41, 5.74) is 0.208. The van der Waals surface area contributed by atoms with Gasteiger partial charge >= 0.3 is 5.97 Å². The molecule has 7 nitrogen and oxygen atoms in total. The largest absolute Gasteiger partial charge is 0.497 e. The molecule has 0 amide bonds. The Morgan fingerprint density at radius 2 is 1.73 bits per heavy atom. The molecule has 0 aromatic heterocycles. The summed E-state index contributed by atoms with van der Waals surface area (Å²) in [6.07, 6.45) is 0.672. The Morgan fingerprint density at radius 1 is 1.12 bits per heavy atom. The molecule has 2 rings (SSSR count). The number of hydrogen-bond acceptors (Lipinski definition) is 7. The molecule has 0 saturated heterocycles. The second kappa shape index (κ2) is 8.48. The fraction of sp³-hybridized carbons (Fsp3) is 0.222. The lowest BCUT2D eigenvalue weighted by Gasteiger charge is -2.13. The lowest BCUT2D eigenvalue weighted by atomic mass is 10.1. The predicted molar refractivity (Wildman–Crippen MR) is 97.1 cm³/mol. The van der Waals surface area contributed by atoms with E-state index in [9.17, 15) is 19.7 Å². The van der Waals surface area contributed by atoms with E-state index in [1.165, 1.54) is 37.9 Å². The molecule has 0 saturated carbocycles. The maximum atomic E-state index is 12.4. The van der Waals surface area contributed by atoms with Gasteiger partial charge in [-0.15, -0.1) is 11.8 Å². The lowest BCUT2D eigenvalue weighted by Crippen LogP contribution is -2.24. The van der Waals surface area contributed by atoms with E-state index in [-0.39, 0.29) is 17.0 Å². The molecule has 136 valence electrons. The quantitative estimate of drug-likeness (QED) is 0.239. The first-order valence-electron chi connectivity index (χ1n) is 7.59. The molecule has 0 aliphatic rings. The number of nitro benzene ring substituents is 1. The zero-order chi connectivity index (χ0) is 19.3. The maximum Gasteiger partial charge on any atom is 0.339 e. The topological polar surface area (TPSA) is 95.7 Å². The van der Waals surface area contributed by atoms with Gasteiger partial charge in [0.05, 0.1) is 22.5 Å². The van der Waals surface area contributed by atoms with Crippen molar-refractivity contribution in [3.63, 3.8) is 0 Å². The molecule has 8 heteroatoms. The van der Waals surface area contributed by atoms with Crippen LogP contribution >= 0.6 is 11.8 Å². The van der Waals surface area contributed by atoms with Crippen LogP contribution in [0.4, 0.5) is 5.69 Å². The van der Waals surface area contributed by atoms with Crippen LogP contribution in [0.3, 0.4) is 0 Å². The molecule has 0 N–H and O–H groups in total. The number of Topliss-reactive ketones (excluding diaryl/α,β-unsaturated/α-hetero) is 1. The Hall–Kier alpha value is -2.87. The van der Waals surface area contributed by atoms with Crippen molar-refractivity contribution in [1.82, 2.24) is 0 Å². The van der Waals surface area contributed by atoms with Gasteiger partial charge in [0.25, 0.3) is 5.69 Å². The minimum Gasteiger partial charge on any atom is -0.497 e. The van der Waals surface area contributed by atoms with Crippen LogP contribution < -0.4 is 4.74 Å². The number of ether oxygens (including phenoxy) is 2. The van der Waals surface area contributed by atoms with Crippen LogP contribution in [-0.2, 0) is 4.74 Å². The van der Waals surface area contributed by atoms with E-state index >= 15 is 0 Å². The third kappa shape index (κ3) is 4.40. The van der Waals surface area contributed by atoms with E-state index in [0.717, 1.165) is 6.07 Å². The molecule has 2 aromatic carbocycles. The summed E-state index contributed by atoms with van der Waals surface area (Å²) in [4.78, 5) is 35.6. The molecule has 0 heterocycles. The van der Waals surface area contributed by atoms with Crippen LogP contribution in [0.2, 0.25) is 0 Å². The second-order valence-electron chi connectivity index (χ2n) is 5.28. The van der Waals surface area contributed by atoms with E-state index in [0.29, 0.717) is 16.2 Å². The van der Waals surface area contributed by atoms with Crippen LogP contribution in [0.15, 0.2) is 47.4 Å². The number of esters is 1. The SMILES string of the molecule is COc1ccc(C(=O)[C@H](C)OC(=O)c2ccc(SC)c([N+](=O)[O-])c2)cc1. The van der Waals surface area contributed by atoms with E-state index in [2.05, 4.69) is 0 Å². The van der Waals surface area contributed by atoms with Crippen LogP contribution in [0.1, 0.15) is 27.6 Å². The summed E-state index contributed by atoms with van der Waals surface area (Å²) in [7, 11) is 1.52. The minimum absolute atomic E-state index is 0.0175. The molecule has 2 aromatic rings. The molecule has 26 heavy (non-hydrogen) atoms. The first-order chi connectivity index (χ1) is 12.4. The average molecular weight is 375 g/mol. The standard InChI is InChI=1S/C18H17NO6S/c1-11(17(20)12-4-7-14(24-2)8-5-12)25-18(21)13-6-9-16(26-3)15(10-13)19(22)23/h4-11H,1-3H3/t11-/m0/s1. The molecule has 0 bridgehead atoms. The number of ketones is 1. The van der Waals surface area contributed by atoms with Crippen molar-refractivity contribution in [3.8, 4) is 5.75 Å². The highest BCUT2D eigenvalue weighted by atomic mass is 32.2. The van der Waals surface area contributed by atoms with Gasteiger partial charge in [-0.05, 0) is 49.6 Å². The Balaban J connectivity index is 2.14. The number of carbonyl (C=O) groups is 2. The fourth-order valence-corrected chi connectivity index (χ4v) is 2.78. The molecular weight excluding hydrogens is 358 g/mol. The van der Waals surface area contributed by atoms with Crippen molar-refractivity contribution in [2.45, 2.75) is 17.9 Å². The predicted octanol–water partition coefficient (Wildman–Crippen LogP) is 3.75. The van der Waals surface area contributed by atoms with Gasteiger partial charge in [-0.3, -0.25) is 14.9 Å². The summed E-state index contributed by atoms with van der Waals surface area (Å²) in [6, 6.07) is 10.5. The smallest absolute Gasteiger partial charge is 0.339 e. The van der Waals surface area contributed by atoms with Gasteiger partial charge in [-0.1, -0.05) is 0 Å². The number of rotatable bonds is 7. The van der Waals surface area contributed by atoms with Crippen molar-refractivity contribution in [3.05, 3.63) is 63.7 Å². The summed E-state index contributed by atoms with van der Waals surface area (Å²) >= 11 is 1.21. The number of thioether (sulfide) groups is 1. The van der Waals surface area contributed by atoms with Crippen LogP contribution in [0.25, 0.3) is 0 Å². The van der Waals surface area contributed by atoms with Crippen LogP contribution in [0, 0.1) is 10.1 Å². The third-order valence-corrected chi connectivity index (χ3v) is 4.42. The molecule has 0 aliphatic carbocycles. The number of hydrogen-bond donors (Lipinski definition) is 0. The Morgan fingerprint density at radius 3 is 2.27 bits per heavy atom. The van der Waals surface area contributed by atoms with Gasteiger partial charge in [-0.25, -0.2) is 4.79 Å². The van der Waals surface area contributed by atoms with Gasteiger partial charge in [-0.2, -0.15) is 0 Å². The monoisotopic (exact) mass is 375 g/mol. The zero-order valence-electron chi connectivity index (χ0n) is 14.4. The molecule has 0 fully saturated rings. The third-order valence-electron chi connectivity index (χ3n) is 3.64. The first-order valence-corrected chi connectivity index (χ1v) is 8.81. The first kappa shape index (κ1) is 19.5. The molecular formula is C18H17NO6S. The summed E-state index contributed by atoms with van der Waals surface area (Å²) in [5.74, 6) is -0.571. The average Bonchev–Trinajstić information content (AvgIpc) is 2.66. The molecule has 0 spiro atoms. The van der Waals surface area contributed by atoms with Gasteiger partial charge < -0.3 is 9.47 Å². The molecule has 0 unspecified atom stereocenters. The van der Waals surface area contributed by atoms with E-state index in [1.807, 2.05) is 0 Å². The van der Waals surface area contributed by atoms with E-state index in [1.54, 1.807) is 30.5 Å². The Bertz CT molecular complexity index is 834. The second-order valence-corrected chi connectivity index (χ2v) is 6.13. The number of benzene rings is 2. The Labute approximate surface area is 154 Å². The zero-order valence-corrected chi connectivity index (χ0v) is 15.2. The minimum atomic E-state index is -1.03. The molecule has 0 aliphatic heterocycles. The Kier molecular flexibility index (Phi) is 6.35. The van der Waals surface area contributed by atoms with Crippen LogP contribution in [-0.4, -0.2) is 36.1 Å². The number of nitro groups is 1. The number of methoxy groups -OCH3 is 1. The van der Waals surface area contributed by atoms with Gasteiger partial charge in [0.2, 0.25) is 5.78 Å². The van der Waals surface area contributed by atoms with Gasteiger partial charge in [0.1, 0.15) is 5.75 Å². The van der Waals surface area contributed by atoms with Gasteiger partial charge in [0.15, 0.2) is 6.10 Å². The van der Waals surface area contributed by atoms with Crippen LogP contribution in [0.5, 0.6) is 5.75 Å². The molecule has 1 atom stereocenters. The number of carbonyl (C=O) groups excluding carboxylic acids is 2. The summed E-state index contributed by atoms with van der Waals surface area (Å²) in [6.45, 7) is 1.45. The fourth-order valence-electron chi connectivity index (χ4n) is 2.23. The van der Waals surface area contributed by atoms with Crippen molar-refractivity contribution in [2.75, 3.05) is 13.4 Å². The summed E-state index contributed by atoms with van der Waals surface area (Å²) < 4.78 is 10.2. The van der Waals surface area contributed by atoms with Gasteiger partial charge in [0, 0.05) is 11.6 Å². The molecule has 0 radical (unpaired) electrons. The lowest BCUT2D eigenvalue weighted by molar-refractivity contribution is -0.387. The highest BCUT2D eigenvalue weighted by Crippen LogP contribution is 2.28. The highest BCUT2D eigenvalue weighted by molar-refractivity contribution is 7.98. The van der Waals surface area contributed by atoms with Crippen molar-refractivity contribution < 1.29 is 24.0 Å². The maximum absolute atomic E-state index is 12.4. The number of nitrogens with zero attached hydrogens (tertiary/aromatic N) is 1. The van der Waals surface area contributed by atoms with Crippen molar-refractivity contribution in [1.29, 1.82) is 0 Å². The van der Waals surface area contributed by atoms with E-state index in [4.69, 9.17) is 9.47 Å². The summed E-state index contributed by atoms with van der Waals surface area (Å²) in [5, 5.41) is 11.1.